The van der Waals surface area contributed by atoms with Gasteiger partial charge in [-0.25, -0.2) is 30.2 Å². The Kier molecular flexibility index (Phi) is 11.6. The summed E-state index contributed by atoms with van der Waals surface area (Å²) in [6.45, 7) is 0. The second kappa shape index (κ2) is 14.5. The number of benzene rings is 7. The molecule has 0 aliphatic carbocycles. The van der Waals surface area contributed by atoms with Gasteiger partial charge >= 0.3 is 88.7 Å². The Balaban J connectivity index is 0.00000174. The molecule has 0 unspecified atom stereocenters. The predicted molar refractivity (Wildman–Crippen MR) is 179 cm³/mol. The fraction of sp³-hybridized carbons (Fsp3) is 0. The van der Waals surface area contributed by atoms with Crippen LogP contribution >= 0.6 is 23.2 Å². The zero-order valence-corrected chi connectivity index (χ0v) is 36.7. The number of pyridine rings is 1. The summed E-state index contributed by atoms with van der Waals surface area (Å²) in [6, 6.07) is 17.7. The van der Waals surface area contributed by atoms with E-state index >= 15 is 0 Å². The second-order valence-electron chi connectivity index (χ2n) is 10.8. The number of hydrogen-bond acceptors (Lipinski definition) is 13. The molecule has 0 bridgehead atoms. The summed E-state index contributed by atoms with van der Waals surface area (Å²) in [5.41, 5.74) is 0.259. The summed E-state index contributed by atoms with van der Waals surface area (Å²) in [6.07, 6.45) is 0. The Bertz CT molecular complexity index is 3150. The van der Waals surface area contributed by atoms with Crippen LogP contribution in [0.5, 0.6) is 17.2 Å². The fourth-order valence-corrected chi connectivity index (χ4v) is 8.10. The smallest absolute Gasteiger partial charge is 0.716 e. The maximum atomic E-state index is 12.0. The van der Waals surface area contributed by atoms with Gasteiger partial charge in [0.25, 0.3) is 31.2 Å². The normalized spacial score (nSPS) is 12.3. The first-order valence-electron chi connectivity index (χ1n) is 13.7. The summed E-state index contributed by atoms with van der Waals surface area (Å²) >= 11 is 13.0. The van der Waals surface area contributed by atoms with E-state index in [0.29, 0.717) is 26.9 Å². The standard InChI is InChI=1S/C31H15Cl2NO12S3.3Na/c32-21-11-9-19-24(27(21)33)17-10-12-22-25-13(5-7-18(23(17)25)30(19)45-48(38,39)40)14-6-8-20-26(28(14)34-22)31(46-49(41,42)43)16-4-2-1-3-15(16)29(20)44-47(35,36)37;;;/h1-12H,(H,35,36,37)(H,38,39,40)(H,41,42,43);;;/q;3*+1/p-3. The van der Waals surface area contributed by atoms with Crippen LogP contribution < -0.4 is 101 Å². The van der Waals surface area contributed by atoms with Crippen LogP contribution in [0, 0.1) is 0 Å². The molecule has 0 atom stereocenters. The van der Waals surface area contributed by atoms with Gasteiger partial charge < -0.3 is 26.2 Å². The molecule has 52 heavy (non-hydrogen) atoms. The van der Waals surface area contributed by atoms with Gasteiger partial charge in [0.2, 0.25) is 0 Å². The molecule has 0 saturated carbocycles. The minimum absolute atomic E-state index is 0. The van der Waals surface area contributed by atoms with Crippen molar-refractivity contribution in [3.05, 3.63) is 82.8 Å². The van der Waals surface area contributed by atoms with Gasteiger partial charge in [-0.3, -0.25) is 0 Å². The monoisotopic (exact) mass is 825 g/mol. The van der Waals surface area contributed by atoms with Crippen LogP contribution in [-0.2, 0) is 31.2 Å². The van der Waals surface area contributed by atoms with Gasteiger partial charge in [-0.05, 0) is 41.1 Å². The van der Waals surface area contributed by atoms with E-state index in [9.17, 15) is 38.9 Å². The quantitative estimate of drug-likeness (QED) is 0.0556. The first-order chi connectivity index (χ1) is 23.0. The number of rotatable bonds is 6. The Hall–Kier alpha value is -1.52. The molecule has 0 aliphatic rings. The van der Waals surface area contributed by atoms with Gasteiger partial charge in [0.15, 0.2) is 17.2 Å². The van der Waals surface area contributed by atoms with E-state index in [2.05, 4.69) is 0 Å². The van der Waals surface area contributed by atoms with Crippen molar-refractivity contribution in [3.8, 4) is 17.2 Å². The minimum atomic E-state index is -5.43. The van der Waals surface area contributed by atoms with E-state index in [1.165, 1.54) is 54.6 Å². The van der Waals surface area contributed by atoms with Crippen molar-refractivity contribution in [2.75, 3.05) is 0 Å². The molecule has 248 valence electrons. The molecule has 13 nitrogen and oxygen atoms in total. The molecular weight excluding hydrogens is 814 g/mol. The molecule has 0 N–H and O–H groups in total. The average molecular weight is 827 g/mol. The number of aromatic nitrogens is 1. The molecule has 7 aromatic carbocycles. The molecule has 0 fully saturated rings. The van der Waals surface area contributed by atoms with Gasteiger partial charge in [0, 0.05) is 48.5 Å². The van der Waals surface area contributed by atoms with E-state index < -0.39 is 42.7 Å². The molecule has 0 saturated heterocycles. The van der Waals surface area contributed by atoms with E-state index in [0.717, 1.165) is 0 Å². The summed E-state index contributed by atoms with van der Waals surface area (Å²) in [5, 5.41) is 2.58. The molecule has 1 aromatic heterocycles. The maximum Gasteiger partial charge on any atom is 1.00 e. The number of hydrogen-bond donors (Lipinski definition) is 0. The van der Waals surface area contributed by atoms with Crippen molar-refractivity contribution >= 4 is 130 Å². The third-order valence-electron chi connectivity index (χ3n) is 8.14. The molecule has 0 amide bonds. The van der Waals surface area contributed by atoms with Crippen LogP contribution in [0.15, 0.2) is 72.8 Å². The van der Waals surface area contributed by atoms with Crippen LogP contribution in [0.4, 0.5) is 0 Å². The molecular formula is C31H12Cl2NNa3O12S3. The third-order valence-corrected chi connectivity index (χ3v) is 10.1. The molecule has 1 heterocycles. The fourth-order valence-electron chi connectivity index (χ4n) is 6.54. The van der Waals surface area contributed by atoms with Crippen LogP contribution in [0.3, 0.4) is 0 Å². The zero-order valence-electron chi connectivity index (χ0n) is 26.8. The first kappa shape index (κ1) is 41.6. The number of nitrogens with zero attached hydrogens (tertiary/aromatic N) is 1. The Morgan fingerprint density at radius 3 is 1.50 bits per heavy atom. The predicted octanol–water partition coefficient (Wildman–Crippen LogP) is -2.57. The summed E-state index contributed by atoms with van der Waals surface area (Å²) in [4.78, 5) is 4.78. The van der Waals surface area contributed by atoms with Gasteiger partial charge in [0.1, 0.15) is 0 Å². The maximum absolute atomic E-state index is 12.0. The molecule has 21 heteroatoms. The van der Waals surface area contributed by atoms with Crippen molar-refractivity contribution < 1.29 is 140 Å². The zero-order chi connectivity index (χ0) is 34.8. The molecule has 0 spiro atoms. The van der Waals surface area contributed by atoms with Crippen molar-refractivity contribution in [2.45, 2.75) is 0 Å². The van der Waals surface area contributed by atoms with Crippen LogP contribution in [0.25, 0.3) is 75.7 Å². The van der Waals surface area contributed by atoms with E-state index in [1.807, 2.05) is 0 Å². The molecule has 0 radical (unpaired) electrons. The number of fused-ring (bicyclic) bond motifs is 7. The van der Waals surface area contributed by atoms with E-state index in [-0.39, 0.29) is 153 Å². The van der Waals surface area contributed by atoms with Gasteiger partial charge in [0.05, 0.1) is 26.5 Å². The molecule has 0 aliphatic heterocycles. The molecule has 8 rings (SSSR count). The van der Waals surface area contributed by atoms with Gasteiger partial charge in [-0.2, -0.15) is 0 Å². The largest absolute Gasteiger partial charge is 1.00 e. The minimum Gasteiger partial charge on any atom is -0.716 e. The first-order valence-corrected chi connectivity index (χ1v) is 18.4. The van der Waals surface area contributed by atoms with E-state index in [1.54, 1.807) is 18.2 Å². The second-order valence-corrected chi connectivity index (χ2v) is 14.6. The van der Waals surface area contributed by atoms with Crippen molar-refractivity contribution in [2.24, 2.45) is 0 Å². The SMILES string of the molecule is O=S(=O)([O-])Oc1c2ccccc2c(OS(=O)(=O)[O-])c2c1ccc1c3ccc4c(OS(=O)(=O)[O-])c5ccc(Cl)c(Cl)c5c5ccc(nc12)c3c45.[Na+].[Na+].[Na+]. The molecule has 8 aromatic rings. The topological polar surface area (TPSA) is 212 Å². The number of halogens is 2. The van der Waals surface area contributed by atoms with Crippen molar-refractivity contribution in [3.63, 3.8) is 0 Å². The van der Waals surface area contributed by atoms with E-state index in [4.69, 9.17) is 40.7 Å². The Labute approximate surface area is 370 Å². The average Bonchev–Trinajstić information content (AvgIpc) is 3.01. The summed E-state index contributed by atoms with van der Waals surface area (Å²) in [7, 11) is -16.1. The van der Waals surface area contributed by atoms with Gasteiger partial charge in [-0.15, -0.1) is 0 Å². The van der Waals surface area contributed by atoms with Crippen molar-refractivity contribution in [1.82, 2.24) is 4.98 Å². The summed E-state index contributed by atoms with van der Waals surface area (Å²) < 4.78 is 122. The third kappa shape index (κ3) is 7.05. The van der Waals surface area contributed by atoms with Crippen LogP contribution in [0.2, 0.25) is 10.0 Å². The van der Waals surface area contributed by atoms with Crippen molar-refractivity contribution in [1.29, 1.82) is 0 Å². The van der Waals surface area contributed by atoms with Crippen LogP contribution in [-0.4, -0.2) is 43.9 Å². The van der Waals surface area contributed by atoms with Gasteiger partial charge in [-0.1, -0.05) is 65.7 Å². The Morgan fingerprint density at radius 2 is 0.904 bits per heavy atom. The van der Waals surface area contributed by atoms with Crippen LogP contribution in [0.1, 0.15) is 0 Å². The Morgan fingerprint density at radius 1 is 0.462 bits per heavy atom. The summed E-state index contributed by atoms with van der Waals surface area (Å²) in [5.74, 6) is -1.25.